The Labute approximate surface area is 227 Å². The maximum Gasteiger partial charge on any atom is 0.324 e. The molecule has 0 unspecified atom stereocenters. The molecule has 5 rings (SSSR count). The molecule has 0 aromatic heterocycles. The van der Waals surface area contributed by atoms with Gasteiger partial charge in [-0.15, -0.1) is 0 Å². The summed E-state index contributed by atoms with van der Waals surface area (Å²) >= 11 is 0. The Bertz CT molecular complexity index is 1120. The van der Waals surface area contributed by atoms with E-state index >= 15 is 0 Å². The van der Waals surface area contributed by atoms with Crippen molar-refractivity contribution < 1.29 is 14.3 Å². The number of carbonyl (C=O) groups excluding carboxylic acids is 2. The van der Waals surface area contributed by atoms with E-state index in [0.717, 1.165) is 83.4 Å². The van der Waals surface area contributed by atoms with Crippen molar-refractivity contribution in [1.29, 1.82) is 0 Å². The molecule has 6 nitrogen and oxygen atoms in total. The number of hydrogen-bond acceptors (Lipinski definition) is 4. The van der Waals surface area contributed by atoms with Crippen molar-refractivity contribution in [3.05, 3.63) is 71.3 Å². The van der Waals surface area contributed by atoms with Gasteiger partial charge in [-0.3, -0.25) is 14.6 Å². The van der Waals surface area contributed by atoms with Crippen LogP contribution in [0.15, 0.2) is 54.6 Å². The van der Waals surface area contributed by atoms with Crippen LogP contribution in [-0.2, 0) is 22.4 Å². The van der Waals surface area contributed by atoms with E-state index in [1.165, 1.54) is 23.8 Å². The fourth-order valence-corrected chi connectivity index (χ4v) is 6.31. The minimum atomic E-state index is -0.120. The van der Waals surface area contributed by atoms with E-state index in [1.807, 2.05) is 11.0 Å². The van der Waals surface area contributed by atoms with Crippen LogP contribution in [0.2, 0.25) is 0 Å². The highest BCUT2D eigenvalue weighted by Crippen LogP contribution is 2.33. The van der Waals surface area contributed by atoms with Crippen LogP contribution in [0, 0.1) is 5.92 Å². The van der Waals surface area contributed by atoms with Gasteiger partial charge >= 0.3 is 12.0 Å². The third-order valence-corrected chi connectivity index (χ3v) is 8.65. The lowest BCUT2D eigenvalue weighted by atomic mass is 9.83. The minimum Gasteiger partial charge on any atom is -0.469 e. The Morgan fingerprint density at radius 1 is 0.947 bits per heavy atom. The molecule has 2 aromatic rings. The average molecular weight is 516 g/mol. The molecule has 0 bridgehead atoms. The first kappa shape index (κ1) is 26.5. The zero-order valence-electron chi connectivity index (χ0n) is 22.7. The Kier molecular flexibility index (Phi) is 8.79. The van der Waals surface area contributed by atoms with Crippen LogP contribution in [0.25, 0.3) is 6.08 Å². The van der Waals surface area contributed by atoms with Gasteiger partial charge in [-0.25, -0.2) is 4.79 Å². The topological polar surface area (TPSA) is 53.1 Å². The van der Waals surface area contributed by atoms with Crippen LogP contribution in [0.3, 0.4) is 0 Å². The number of nitrogens with zero attached hydrogens (tertiary/aromatic N) is 3. The molecule has 0 N–H and O–H groups in total. The Balaban J connectivity index is 1.13. The van der Waals surface area contributed by atoms with E-state index < -0.39 is 0 Å². The van der Waals surface area contributed by atoms with Gasteiger partial charge in [0.2, 0.25) is 0 Å². The molecule has 1 saturated carbocycles. The molecule has 2 amide bonds. The summed E-state index contributed by atoms with van der Waals surface area (Å²) in [6.07, 6.45) is 12.2. The highest BCUT2D eigenvalue weighted by Gasteiger charge is 2.36. The first-order chi connectivity index (χ1) is 18.6. The Morgan fingerprint density at radius 2 is 1.71 bits per heavy atom. The number of fused-ring (bicyclic) bond motifs is 1. The molecule has 2 heterocycles. The summed E-state index contributed by atoms with van der Waals surface area (Å²) in [6.45, 7) is 4.62. The second-order valence-corrected chi connectivity index (χ2v) is 11.0. The van der Waals surface area contributed by atoms with E-state index in [2.05, 4.69) is 64.4 Å². The average Bonchev–Trinajstić information content (AvgIpc) is 3.22. The molecule has 2 aromatic carbocycles. The normalized spacial score (nSPS) is 22.5. The summed E-state index contributed by atoms with van der Waals surface area (Å²) in [6, 6.07) is 17.6. The molecular formula is C32H41N3O3. The van der Waals surface area contributed by atoms with Gasteiger partial charge in [-0.1, -0.05) is 48.6 Å². The number of hydrogen-bond donors (Lipinski definition) is 0. The van der Waals surface area contributed by atoms with Crippen molar-refractivity contribution in [2.24, 2.45) is 5.92 Å². The lowest BCUT2D eigenvalue weighted by molar-refractivity contribution is -0.141. The molecule has 202 valence electrons. The van der Waals surface area contributed by atoms with Gasteiger partial charge in [0, 0.05) is 50.9 Å². The maximum absolute atomic E-state index is 13.4. The highest BCUT2D eigenvalue weighted by molar-refractivity contribution is 5.94. The predicted molar refractivity (Wildman–Crippen MR) is 152 cm³/mol. The number of urea groups is 1. The van der Waals surface area contributed by atoms with Crippen molar-refractivity contribution in [2.45, 2.75) is 57.4 Å². The molecule has 1 saturated heterocycles. The van der Waals surface area contributed by atoms with Crippen molar-refractivity contribution in [3.63, 3.8) is 0 Å². The number of benzene rings is 2. The molecule has 0 spiro atoms. The SMILES string of the molecule is COC(=O)CCC1CCC(N2CCN(c3ccc4c(c3)CCN(C/C=C/c3ccccc3)CC4)C2=O)CC1. The maximum atomic E-state index is 13.4. The summed E-state index contributed by atoms with van der Waals surface area (Å²) in [4.78, 5) is 31.5. The summed E-state index contributed by atoms with van der Waals surface area (Å²) in [5.41, 5.74) is 5.08. The first-order valence-electron chi connectivity index (χ1n) is 14.3. The fraction of sp³-hybridized carbons (Fsp3) is 0.500. The quantitative estimate of drug-likeness (QED) is 0.432. The molecule has 0 radical (unpaired) electrons. The van der Waals surface area contributed by atoms with Gasteiger partial charge in [0.15, 0.2) is 0 Å². The summed E-state index contributed by atoms with van der Waals surface area (Å²) in [7, 11) is 1.45. The van der Waals surface area contributed by atoms with E-state index in [4.69, 9.17) is 4.74 Å². The Morgan fingerprint density at radius 3 is 2.47 bits per heavy atom. The smallest absolute Gasteiger partial charge is 0.324 e. The third-order valence-electron chi connectivity index (χ3n) is 8.65. The van der Waals surface area contributed by atoms with Gasteiger partial charge in [0.05, 0.1) is 7.11 Å². The molecule has 0 atom stereocenters. The minimum absolute atomic E-state index is 0.120. The van der Waals surface area contributed by atoms with Crippen LogP contribution in [0.1, 0.15) is 55.2 Å². The molecule has 1 aliphatic carbocycles. The number of amides is 2. The lowest BCUT2D eigenvalue weighted by Crippen LogP contribution is -2.41. The van der Waals surface area contributed by atoms with E-state index in [-0.39, 0.29) is 12.0 Å². The summed E-state index contributed by atoms with van der Waals surface area (Å²) in [5, 5.41) is 0. The van der Waals surface area contributed by atoms with Crippen molar-refractivity contribution in [3.8, 4) is 0 Å². The predicted octanol–water partition coefficient (Wildman–Crippen LogP) is 5.55. The molecule has 3 aliphatic rings. The molecular weight excluding hydrogens is 474 g/mol. The van der Waals surface area contributed by atoms with E-state index in [0.29, 0.717) is 18.4 Å². The number of esters is 1. The first-order valence-corrected chi connectivity index (χ1v) is 14.3. The number of anilines is 1. The summed E-state index contributed by atoms with van der Waals surface area (Å²) in [5.74, 6) is 0.447. The second kappa shape index (κ2) is 12.6. The lowest BCUT2D eigenvalue weighted by Gasteiger charge is -2.34. The standard InChI is InChI=1S/C32H41N3O3/c1-38-31(36)16-11-26-9-13-29(14-10-26)34-22-23-35(32(34)37)30-15-12-27-17-20-33(21-18-28(27)24-30)19-5-8-25-6-3-2-4-7-25/h2-8,12,15,24,26,29H,9-11,13-14,16-23H2,1H3/b8-5+. The van der Waals surface area contributed by atoms with Gasteiger partial charge in [0.1, 0.15) is 0 Å². The van der Waals surface area contributed by atoms with Crippen LogP contribution >= 0.6 is 0 Å². The molecule has 6 heteroatoms. The number of rotatable bonds is 8. The fourth-order valence-electron chi connectivity index (χ4n) is 6.31. The van der Waals surface area contributed by atoms with Crippen molar-refractivity contribution in [1.82, 2.24) is 9.80 Å². The number of carbonyl (C=O) groups is 2. The van der Waals surface area contributed by atoms with E-state index in [9.17, 15) is 9.59 Å². The van der Waals surface area contributed by atoms with Crippen molar-refractivity contribution in [2.75, 3.05) is 44.7 Å². The molecule has 2 aliphatic heterocycles. The largest absolute Gasteiger partial charge is 0.469 e. The summed E-state index contributed by atoms with van der Waals surface area (Å²) < 4.78 is 4.79. The van der Waals surface area contributed by atoms with Gasteiger partial charge < -0.3 is 9.64 Å². The van der Waals surface area contributed by atoms with Crippen LogP contribution < -0.4 is 4.90 Å². The zero-order chi connectivity index (χ0) is 26.3. The van der Waals surface area contributed by atoms with Gasteiger partial charge in [-0.05, 0) is 79.7 Å². The van der Waals surface area contributed by atoms with Crippen LogP contribution in [0.5, 0.6) is 0 Å². The van der Waals surface area contributed by atoms with Crippen LogP contribution in [-0.4, -0.2) is 67.7 Å². The van der Waals surface area contributed by atoms with Crippen molar-refractivity contribution >= 4 is 23.8 Å². The van der Waals surface area contributed by atoms with Gasteiger partial charge in [-0.2, -0.15) is 0 Å². The van der Waals surface area contributed by atoms with Gasteiger partial charge in [0.25, 0.3) is 0 Å². The monoisotopic (exact) mass is 515 g/mol. The third kappa shape index (κ3) is 6.47. The Hall–Kier alpha value is -3.12. The number of methoxy groups -OCH3 is 1. The number of ether oxygens (including phenoxy) is 1. The molecule has 38 heavy (non-hydrogen) atoms. The molecule has 2 fully saturated rings. The van der Waals surface area contributed by atoms with Crippen LogP contribution in [0.4, 0.5) is 10.5 Å². The second-order valence-electron chi connectivity index (χ2n) is 11.0. The zero-order valence-corrected chi connectivity index (χ0v) is 22.7. The van der Waals surface area contributed by atoms with E-state index in [1.54, 1.807) is 0 Å². The highest BCUT2D eigenvalue weighted by atomic mass is 16.5.